The normalized spacial score (nSPS) is 11.5. The Hall–Kier alpha value is -1.96. The van der Waals surface area contributed by atoms with Crippen molar-refractivity contribution in [3.63, 3.8) is 0 Å². The van der Waals surface area contributed by atoms with Crippen molar-refractivity contribution in [2.24, 2.45) is 11.1 Å². The minimum Gasteiger partial charge on any atom is -0.358 e. The fraction of sp³-hybridized carbons (Fsp3) is 0.692. The minimum atomic E-state index is -0.540. The van der Waals surface area contributed by atoms with Gasteiger partial charge in [0.25, 0.3) is 0 Å². The fourth-order valence-electron chi connectivity index (χ4n) is 2.01. The van der Waals surface area contributed by atoms with Gasteiger partial charge in [-0.15, -0.1) is 0 Å². The predicted octanol–water partition coefficient (Wildman–Crippen LogP) is 0.933. The maximum absolute atomic E-state index is 12.1. The SMILES string of the molecule is Cc1nc([N+](=O)[O-])cn1CCC(=O)N(C)CC(C)(C)CN. The number of amides is 1. The first-order chi connectivity index (χ1) is 9.66. The molecule has 0 saturated heterocycles. The molecule has 0 aliphatic heterocycles. The van der Waals surface area contributed by atoms with Gasteiger partial charge in [0, 0.05) is 33.5 Å². The molecule has 0 fully saturated rings. The maximum Gasteiger partial charge on any atom is 0.381 e. The summed E-state index contributed by atoms with van der Waals surface area (Å²) < 4.78 is 1.62. The molecule has 21 heavy (non-hydrogen) atoms. The topological polar surface area (TPSA) is 107 Å². The summed E-state index contributed by atoms with van der Waals surface area (Å²) in [5.41, 5.74) is 5.53. The zero-order chi connectivity index (χ0) is 16.2. The maximum atomic E-state index is 12.1. The average Bonchev–Trinajstić information content (AvgIpc) is 2.77. The van der Waals surface area contributed by atoms with E-state index in [0.717, 1.165) is 0 Å². The Morgan fingerprint density at radius 1 is 1.57 bits per heavy atom. The van der Waals surface area contributed by atoms with Crippen molar-refractivity contribution in [1.82, 2.24) is 14.5 Å². The molecule has 2 N–H and O–H groups in total. The lowest BCUT2D eigenvalue weighted by Crippen LogP contribution is -2.40. The van der Waals surface area contributed by atoms with Gasteiger partial charge in [-0.2, -0.15) is 0 Å². The van der Waals surface area contributed by atoms with Crippen molar-refractivity contribution in [1.29, 1.82) is 0 Å². The fourth-order valence-corrected chi connectivity index (χ4v) is 2.01. The zero-order valence-corrected chi connectivity index (χ0v) is 13.0. The number of hydrogen-bond acceptors (Lipinski definition) is 5. The number of nitrogens with zero attached hydrogens (tertiary/aromatic N) is 4. The Kier molecular flexibility index (Phi) is 5.42. The van der Waals surface area contributed by atoms with Crippen LogP contribution in [0.25, 0.3) is 0 Å². The van der Waals surface area contributed by atoms with E-state index < -0.39 is 4.92 Å². The summed E-state index contributed by atoms with van der Waals surface area (Å²) in [6.07, 6.45) is 1.62. The summed E-state index contributed by atoms with van der Waals surface area (Å²) in [5, 5.41) is 10.6. The third-order valence-electron chi connectivity index (χ3n) is 3.36. The lowest BCUT2D eigenvalue weighted by atomic mass is 9.93. The van der Waals surface area contributed by atoms with Crippen LogP contribution in [0.15, 0.2) is 6.20 Å². The number of carbonyl (C=O) groups is 1. The van der Waals surface area contributed by atoms with Crippen molar-refractivity contribution in [3.8, 4) is 0 Å². The summed E-state index contributed by atoms with van der Waals surface area (Å²) >= 11 is 0. The lowest BCUT2D eigenvalue weighted by molar-refractivity contribution is -0.389. The van der Waals surface area contributed by atoms with Crippen LogP contribution in [-0.2, 0) is 11.3 Å². The van der Waals surface area contributed by atoms with Crippen LogP contribution in [0.5, 0.6) is 0 Å². The second-order valence-electron chi connectivity index (χ2n) is 5.96. The van der Waals surface area contributed by atoms with Gasteiger partial charge >= 0.3 is 5.82 Å². The van der Waals surface area contributed by atoms with E-state index in [1.165, 1.54) is 6.20 Å². The van der Waals surface area contributed by atoms with E-state index in [-0.39, 0.29) is 23.6 Å². The van der Waals surface area contributed by atoms with Crippen molar-refractivity contribution in [3.05, 3.63) is 22.1 Å². The van der Waals surface area contributed by atoms with Gasteiger partial charge in [0.05, 0.1) is 0 Å². The van der Waals surface area contributed by atoms with Crippen LogP contribution in [0.3, 0.4) is 0 Å². The molecule has 0 aliphatic carbocycles. The largest absolute Gasteiger partial charge is 0.381 e. The number of nitro groups is 1. The first-order valence-electron chi connectivity index (χ1n) is 6.78. The smallest absolute Gasteiger partial charge is 0.358 e. The Balaban J connectivity index is 2.59. The van der Waals surface area contributed by atoms with E-state index in [9.17, 15) is 14.9 Å². The number of imidazole rings is 1. The molecule has 0 aromatic carbocycles. The third kappa shape index (κ3) is 4.82. The molecule has 1 amide bonds. The highest BCUT2D eigenvalue weighted by Gasteiger charge is 2.21. The number of aryl methyl sites for hydroxylation is 2. The van der Waals surface area contributed by atoms with Gasteiger partial charge in [0.1, 0.15) is 6.20 Å². The molecule has 0 atom stereocenters. The molecular formula is C13H23N5O3. The van der Waals surface area contributed by atoms with Gasteiger partial charge in [-0.1, -0.05) is 13.8 Å². The molecule has 1 rings (SSSR count). The quantitative estimate of drug-likeness (QED) is 0.595. The highest BCUT2D eigenvalue weighted by molar-refractivity contribution is 5.75. The Labute approximate surface area is 124 Å². The second-order valence-corrected chi connectivity index (χ2v) is 5.96. The molecule has 0 spiro atoms. The summed E-state index contributed by atoms with van der Waals surface area (Å²) in [7, 11) is 1.74. The molecule has 8 nitrogen and oxygen atoms in total. The third-order valence-corrected chi connectivity index (χ3v) is 3.36. The molecule has 0 bridgehead atoms. The number of hydrogen-bond donors (Lipinski definition) is 1. The van der Waals surface area contributed by atoms with Crippen LogP contribution in [0.4, 0.5) is 5.82 Å². The number of nitrogens with two attached hydrogens (primary N) is 1. The summed E-state index contributed by atoms with van der Waals surface area (Å²) in [6.45, 7) is 7.13. The van der Waals surface area contributed by atoms with Crippen molar-refractivity contribution < 1.29 is 9.72 Å². The van der Waals surface area contributed by atoms with Gasteiger partial charge in [-0.05, 0) is 21.9 Å². The number of rotatable bonds is 7. The van der Waals surface area contributed by atoms with Crippen LogP contribution in [0.1, 0.15) is 26.1 Å². The molecular weight excluding hydrogens is 274 g/mol. The monoisotopic (exact) mass is 297 g/mol. The molecule has 0 unspecified atom stereocenters. The summed E-state index contributed by atoms with van der Waals surface area (Å²) in [4.78, 5) is 27.7. The Bertz CT molecular complexity index is 524. The van der Waals surface area contributed by atoms with E-state index in [1.54, 1.807) is 23.4 Å². The molecule has 1 aromatic rings. The van der Waals surface area contributed by atoms with E-state index in [0.29, 0.717) is 25.5 Å². The first-order valence-corrected chi connectivity index (χ1v) is 6.78. The van der Waals surface area contributed by atoms with Crippen LogP contribution in [0, 0.1) is 22.5 Å². The number of aromatic nitrogens is 2. The predicted molar refractivity (Wildman–Crippen MR) is 78.7 cm³/mol. The van der Waals surface area contributed by atoms with Crippen LogP contribution < -0.4 is 5.73 Å². The molecule has 0 radical (unpaired) electrons. The van der Waals surface area contributed by atoms with E-state index in [2.05, 4.69) is 4.98 Å². The van der Waals surface area contributed by atoms with Gasteiger partial charge in [-0.25, -0.2) is 0 Å². The molecule has 0 aliphatic rings. The minimum absolute atomic E-state index is 0.0210. The second kappa shape index (κ2) is 6.66. The van der Waals surface area contributed by atoms with Gasteiger partial charge < -0.3 is 25.3 Å². The molecule has 0 saturated carbocycles. The van der Waals surface area contributed by atoms with E-state index in [4.69, 9.17) is 5.73 Å². The standard InChI is InChI=1S/C13H23N5O3/c1-10-15-11(18(20)21)7-17(10)6-5-12(19)16(4)9-13(2,3)8-14/h7H,5-6,8-9,14H2,1-4H3. The van der Waals surface area contributed by atoms with Gasteiger partial charge in [0.15, 0.2) is 0 Å². The molecule has 8 heteroatoms. The van der Waals surface area contributed by atoms with Crippen molar-refractivity contribution >= 4 is 11.7 Å². The lowest BCUT2D eigenvalue weighted by Gasteiger charge is -2.29. The average molecular weight is 297 g/mol. The Morgan fingerprint density at radius 2 is 2.19 bits per heavy atom. The van der Waals surface area contributed by atoms with Crippen molar-refractivity contribution in [2.75, 3.05) is 20.1 Å². The van der Waals surface area contributed by atoms with Crippen molar-refractivity contribution in [2.45, 2.75) is 33.7 Å². The van der Waals surface area contributed by atoms with Crippen LogP contribution in [0.2, 0.25) is 0 Å². The molecule has 118 valence electrons. The summed E-state index contributed by atoms with van der Waals surface area (Å²) in [6, 6.07) is 0. The summed E-state index contributed by atoms with van der Waals surface area (Å²) in [5.74, 6) is 0.310. The van der Waals surface area contributed by atoms with Gasteiger partial charge in [0.2, 0.25) is 11.7 Å². The van der Waals surface area contributed by atoms with Gasteiger partial charge in [-0.3, -0.25) is 4.79 Å². The van der Waals surface area contributed by atoms with E-state index in [1.807, 2.05) is 13.8 Å². The van der Waals surface area contributed by atoms with Crippen LogP contribution in [-0.4, -0.2) is 45.4 Å². The Morgan fingerprint density at radius 3 is 2.67 bits per heavy atom. The van der Waals surface area contributed by atoms with E-state index >= 15 is 0 Å². The van der Waals surface area contributed by atoms with Crippen LogP contribution >= 0.6 is 0 Å². The highest BCUT2D eigenvalue weighted by Crippen LogP contribution is 2.15. The molecule has 1 aromatic heterocycles. The highest BCUT2D eigenvalue weighted by atomic mass is 16.6. The number of carbonyl (C=O) groups excluding carboxylic acids is 1. The first kappa shape index (κ1) is 17.1. The molecule has 1 heterocycles. The zero-order valence-electron chi connectivity index (χ0n) is 13.0.